The van der Waals surface area contributed by atoms with Gasteiger partial charge in [0.25, 0.3) is 0 Å². The van der Waals surface area contributed by atoms with Gasteiger partial charge >= 0.3 is 34.7 Å². The molecule has 6 unspecified atom stereocenters. The van der Waals surface area contributed by atoms with Crippen molar-refractivity contribution in [3.63, 3.8) is 0 Å². The number of aldehydes is 3. The Labute approximate surface area is 607 Å². The standard InChI is InChI=1S/3C25H18N4O6.Co/c3*30-11-20(31)23(32)24(33)21-16-5-3-14(27-16)9-12-1-2-13(26-12)10-15-4-6-18(28-15)22(25(34)35)19-8-7-17(21)29-19;/h3*1-11,20,23,26,31-33H,(H,34,35);/q;;;+3/p-3. The number of aromatic amines is 3. The summed E-state index contributed by atoms with van der Waals surface area (Å²) < 4.78 is 0. The van der Waals surface area contributed by atoms with Crippen LogP contribution in [0.1, 0.15) is 34.2 Å². The van der Waals surface area contributed by atoms with E-state index in [0.29, 0.717) is 34.2 Å². The van der Waals surface area contributed by atoms with Crippen LogP contribution in [0.15, 0.2) is 293 Å². The first-order valence-corrected chi connectivity index (χ1v) is 31.4. The number of H-pyrrole nitrogens is 3. The molecule has 31 heteroatoms. The van der Waals surface area contributed by atoms with E-state index in [0.717, 1.165) is 34.2 Å². The number of carbonyl (C=O) groups excluding carboxylic acids is 3. The molecular formula is C75H51CoN12O18. The van der Waals surface area contributed by atoms with Gasteiger partial charge in [-0.3, -0.25) is 0 Å². The topological polar surface area (TPSA) is 512 Å². The van der Waals surface area contributed by atoms with Gasteiger partial charge in [-0.2, -0.15) is 0 Å². The van der Waals surface area contributed by atoms with E-state index in [1.807, 2.05) is 36.4 Å². The molecule has 30 nitrogen and oxygen atoms in total. The van der Waals surface area contributed by atoms with Crippen molar-refractivity contribution < 1.29 is 107 Å². The van der Waals surface area contributed by atoms with Crippen LogP contribution in [-0.2, 0) is 45.5 Å². The van der Waals surface area contributed by atoms with Crippen LogP contribution in [0.4, 0.5) is 0 Å². The third-order valence-corrected chi connectivity index (χ3v) is 16.6. The summed E-state index contributed by atoms with van der Waals surface area (Å²) in [6.45, 7) is 0. The van der Waals surface area contributed by atoms with Crippen molar-refractivity contribution in [3.05, 3.63) is 282 Å². The summed E-state index contributed by atoms with van der Waals surface area (Å²) in [6.07, 6.45) is 26.4. The van der Waals surface area contributed by atoms with Gasteiger partial charge in [0, 0.05) is 50.9 Å². The summed E-state index contributed by atoms with van der Waals surface area (Å²) in [4.78, 5) is 118. The van der Waals surface area contributed by atoms with Crippen LogP contribution in [0.3, 0.4) is 0 Å². The zero-order valence-corrected chi connectivity index (χ0v) is 55.1. The summed E-state index contributed by atoms with van der Waals surface area (Å²) in [5.74, 6) is -6.76. The molecule has 15 rings (SSSR count). The van der Waals surface area contributed by atoms with Gasteiger partial charge in [-0.05, 0) is 182 Å². The SMILES string of the molecule is O=CC(O)C(O)C([O-])=C1C2=NC(=Cc3ccc([nH]3)C=C3C=CC(=N3)C(C(=O)O)=C3C=CC1=N3)C=C2.O=CC(O)C(O)C([O-])=C1C2=NC(=Cc3ccc([nH]3)C=C3C=CC(=N3)C(C(=O)O)=C3C=CC1=N3)C=C2.O=CC(O)C(O)C([O-])=C1C2=NC(=Cc3ccc([nH]3)C=C3C=CC(=N3)C(C(=O)O)=C3C=CC1=N3)C=C2.[Co+3]. The van der Waals surface area contributed by atoms with Crippen molar-refractivity contribution in [2.24, 2.45) is 44.9 Å². The zero-order valence-electron chi connectivity index (χ0n) is 54.1. The smallest absolute Gasteiger partial charge is 0.873 e. The number of carbonyl (C=O) groups is 6. The van der Waals surface area contributed by atoms with E-state index in [1.165, 1.54) is 54.7 Å². The number of aliphatic hydroxyl groups excluding tert-OH is 6. The Morgan fingerprint density at radius 1 is 0.302 bits per heavy atom. The number of carboxylic acids is 3. The first-order chi connectivity index (χ1) is 50.5. The summed E-state index contributed by atoms with van der Waals surface area (Å²) in [7, 11) is 0. The van der Waals surface area contributed by atoms with Crippen molar-refractivity contribution >= 4 is 125 Å². The fourth-order valence-electron chi connectivity index (χ4n) is 11.6. The molecule has 3 aromatic heterocycles. The normalized spacial score (nSPS) is 21.1. The maximum Gasteiger partial charge on any atom is 3.00 e. The number of nitrogens with zero attached hydrogens (tertiary/aromatic N) is 9. The number of allylic oxidation sites excluding steroid dienone is 21. The molecule has 0 fully saturated rings. The van der Waals surface area contributed by atoms with Crippen LogP contribution in [0, 0.1) is 0 Å². The first kappa shape index (κ1) is 72.3. The van der Waals surface area contributed by atoms with Crippen LogP contribution in [0.5, 0.6) is 0 Å². The minimum atomic E-state index is -2.05. The number of hydrogen-bond acceptors (Lipinski definition) is 24. The summed E-state index contributed by atoms with van der Waals surface area (Å²) in [6, 6.07) is 10.9. The average Bonchev–Trinajstić information content (AvgIpc) is 1.65. The molecule has 0 saturated heterocycles. The predicted octanol–water partition coefficient (Wildman–Crippen LogP) is 1.85. The quantitative estimate of drug-likeness (QED) is 0.0909. The molecule has 0 aromatic carbocycles. The van der Waals surface area contributed by atoms with Crippen molar-refractivity contribution in [1.29, 1.82) is 0 Å². The number of carboxylic acid groups (broad SMARTS) is 3. The second-order valence-electron chi connectivity index (χ2n) is 23.6. The van der Waals surface area contributed by atoms with Gasteiger partial charge in [0.05, 0.1) is 121 Å². The number of aliphatic imine (C=N–C) groups is 9. The minimum absolute atomic E-state index is 0. The Morgan fingerprint density at radius 3 is 0.698 bits per heavy atom. The molecule has 12 N–H and O–H groups in total. The van der Waals surface area contributed by atoms with Crippen molar-refractivity contribution in [3.8, 4) is 0 Å². The molecule has 0 radical (unpaired) electrons. The van der Waals surface area contributed by atoms with Crippen LogP contribution < -0.4 is 15.3 Å². The van der Waals surface area contributed by atoms with Gasteiger partial charge in [-0.25, -0.2) is 59.3 Å². The van der Waals surface area contributed by atoms with Crippen molar-refractivity contribution in [1.82, 2.24) is 15.0 Å². The molecule has 12 aliphatic heterocycles. The van der Waals surface area contributed by atoms with Gasteiger partial charge < -0.3 is 90.6 Å². The average molecular weight is 1470 g/mol. The second-order valence-corrected chi connectivity index (χ2v) is 23.6. The van der Waals surface area contributed by atoms with E-state index < -0.39 is 71.8 Å². The molecule has 528 valence electrons. The number of aliphatic carboxylic acids is 3. The molecule has 0 aliphatic carbocycles. The number of nitrogens with one attached hydrogen (secondary N) is 3. The molecule has 24 bridgehead atoms. The monoisotopic (exact) mass is 1470 g/mol. The summed E-state index contributed by atoms with van der Waals surface area (Å²) in [5.41, 5.74) is 7.55. The Balaban J connectivity index is 0.000000148. The maximum absolute atomic E-state index is 13.1. The molecule has 3 aromatic rings. The number of fused-ring (bicyclic) bond motifs is 15. The van der Waals surface area contributed by atoms with Gasteiger partial charge in [0.1, 0.15) is 35.0 Å². The van der Waals surface area contributed by atoms with Gasteiger partial charge in [0.2, 0.25) is 0 Å². The number of rotatable bonds is 12. The van der Waals surface area contributed by atoms with Crippen molar-refractivity contribution in [2.45, 2.75) is 36.6 Å². The Hall–Kier alpha value is -13.5. The number of hydrogen-bond donors (Lipinski definition) is 12. The first-order valence-electron chi connectivity index (χ1n) is 31.4. The van der Waals surface area contributed by atoms with Crippen LogP contribution >= 0.6 is 0 Å². The fourth-order valence-corrected chi connectivity index (χ4v) is 11.6. The Morgan fingerprint density at radius 2 is 0.491 bits per heavy atom. The summed E-state index contributed by atoms with van der Waals surface area (Å²) >= 11 is 0. The van der Waals surface area contributed by atoms with E-state index >= 15 is 0 Å². The maximum atomic E-state index is 13.1. The summed E-state index contributed by atoms with van der Waals surface area (Å²) in [5, 5.41) is 129. The van der Waals surface area contributed by atoms with Gasteiger partial charge in [-0.15, -0.1) is 0 Å². The molecule has 106 heavy (non-hydrogen) atoms. The van der Waals surface area contributed by atoms with Crippen LogP contribution in [0.25, 0.3) is 36.5 Å². The van der Waals surface area contributed by atoms with E-state index in [4.69, 9.17) is 0 Å². The van der Waals surface area contributed by atoms with Gasteiger partial charge in [0.15, 0.2) is 18.9 Å². The number of aromatic nitrogens is 3. The van der Waals surface area contributed by atoms with Crippen LogP contribution in [0.2, 0.25) is 0 Å². The molecule has 6 atom stereocenters. The molecular weight excluding hydrogens is 1420 g/mol. The third-order valence-electron chi connectivity index (χ3n) is 16.6. The fraction of sp³-hybridized carbons (Fsp3) is 0.0800. The van der Waals surface area contributed by atoms with Gasteiger partial charge in [-0.1, -0.05) is 17.3 Å². The zero-order chi connectivity index (χ0) is 74.1. The van der Waals surface area contributed by atoms with E-state index in [2.05, 4.69) is 59.9 Å². The van der Waals surface area contributed by atoms with Crippen molar-refractivity contribution in [2.75, 3.05) is 0 Å². The van der Waals surface area contributed by atoms with Crippen LogP contribution in [-0.4, -0.2) is 186 Å². The molecule has 15 heterocycles. The third kappa shape index (κ3) is 14.9. The number of aliphatic hydroxyl groups is 6. The minimum Gasteiger partial charge on any atom is -0.873 e. The molecule has 12 aliphatic rings. The largest absolute Gasteiger partial charge is 3.00 e. The Bertz CT molecular complexity index is 4950. The molecule has 0 spiro atoms. The molecule has 0 amide bonds. The Kier molecular flexibility index (Phi) is 20.6. The van der Waals surface area contributed by atoms with E-state index in [-0.39, 0.29) is 138 Å². The van der Waals surface area contributed by atoms with E-state index in [1.54, 1.807) is 91.1 Å². The van der Waals surface area contributed by atoms with E-state index in [9.17, 15) is 90.0 Å². The molecule has 0 saturated carbocycles. The second kappa shape index (κ2) is 30.2. The predicted molar refractivity (Wildman–Crippen MR) is 379 cm³/mol.